The number of benzene rings is 1. The Morgan fingerprint density at radius 1 is 0.759 bits per heavy atom. The zero-order valence-corrected chi connectivity index (χ0v) is 34.2. The van der Waals surface area contributed by atoms with Crippen LogP contribution in [-0.4, -0.2) is 105 Å². The fourth-order valence-corrected chi connectivity index (χ4v) is 8.96. The second-order valence-electron chi connectivity index (χ2n) is 13.0. The summed E-state index contributed by atoms with van der Waals surface area (Å²) in [5.41, 5.74) is 3.41. The minimum Gasteiger partial charge on any atom is -0.479 e. The van der Waals surface area contributed by atoms with Gasteiger partial charge in [-0.05, 0) is 38.1 Å². The number of morpholine rings is 2. The fourth-order valence-electron chi connectivity index (χ4n) is 6.23. The SMILES string of the molecule is CC(=O)OI(OC(C)=O)c1ccccc1.C[C@@H]1CN(c2cnc(C#N)c3ncccc23)C[C@H](C(=O)O)O1.C[C@@H]1CN(c2cnc(C#N)c3ncccc23)C[C@H](CO)O1. The second-order valence-corrected chi connectivity index (χ2v) is 16.4. The average molecular weight is 905 g/mol. The van der Waals surface area contributed by atoms with Crippen molar-refractivity contribution >= 4 is 71.7 Å². The van der Waals surface area contributed by atoms with Crippen LogP contribution in [0.3, 0.4) is 0 Å². The van der Waals surface area contributed by atoms with Gasteiger partial charge in [-0.25, -0.2) is 14.8 Å². The number of rotatable bonds is 7. The van der Waals surface area contributed by atoms with Crippen LogP contribution in [0.1, 0.15) is 39.1 Å². The number of aliphatic hydroxyl groups excluding tert-OH is 1. The van der Waals surface area contributed by atoms with E-state index < -0.39 is 44.7 Å². The van der Waals surface area contributed by atoms with Gasteiger partial charge in [-0.2, -0.15) is 10.5 Å². The number of hydrogen-bond donors (Lipinski definition) is 2. The van der Waals surface area contributed by atoms with E-state index in [1.807, 2.05) is 61.2 Å². The number of pyridine rings is 4. The molecule has 5 aromatic rings. The first kappa shape index (κ1) is 43.1. The van der Waals surface area contributed by atoms with Crippen LogP contribution in [0.2, 0.25) is 0 Å². The van der Waals surface area contributed by atoms with Crippen LogP contribution in [0.5, 0.6) is 0 Å². The molecule has 2 aliphatic rings. The van der Waals surface area contributed by atoms with Gasteiger partial charge in [-0.3, -0.25) is 9.97 Å². The monoisotopic (exact) mass is 904 g/mol. The fraction of sp³-hybridized carbons (Fsp3) is 0.325. The van der Waals surface area contributed by atoms with Gasteiger partial charge in [0.25, 0.3) is 0 Å². The number of aliphatic carboxylic acids is 1. The number of aromatic nitrogens is 4. The molecule has 0 aliphatic carbocycles. The Bertz CT molecular complexity index is 2310. The van der Waals surface area contributed by atoms with Gasteiger partial charge < -0.3 is 29.5 Å². The number of nitrogens with zero attached hydrogens (tertiary/aromatic N) is 8. The van der Waals surface area contributed by atoms with Crippen LogP contribution in [0.15, 0.2) is 79.4 Å². The Morgan fingerprint density at radius 3 is 1.72 bits per heavy atom. The number of carboxylic acids is 1. The molecule has 0 spiro atoms. The van der Waals surface area contributed by atoms with Crippen molar-refractivity contribution in [2.75, 3.05) is 42.6 Å². The molecule has 2 saturated heterocycles. The largest absolute Gasteiger partial charge is 0.479 e. The van der Waals surface area contributed by atoms with Crippen molar-refractivity contribution in [2.45, 2.75) is 52.1 Å². The quantitative estimate of drug-likeness (QED) is 0.213. The molecule has 0 unspecified atom stereocenters. The van der Waals surface area contributed by atoms with Crippen molar-refractivity contribution in [3.8, 4) is 12.1 Å². The van der Waals surface area contributed by atoms with E-state index in [1.165, 1.54) is 13.8 Å². The number of carbonyl (C=O) groups excluding carboxylic acids is 2. The number of carbonyl (C=O) groups is 3. The summed E-state index contributed by atoms with van der Waals surface area (Å²) < 4.78 is 21.9. The van der Waals surface area contributed by atoms with E-state index in [2.05, 4.69) is 30.9 Å². The molecule has 4 aromatic heterocycles. The molecule has 302 valence electrons. The van der Waals surface area contributed by atoms with Crippen LogP contribution in [-0.2, 0) is 30.0 Å². The Kier molecular flexibility index (Phi) is 15.1. The molecule has 2 fully saturated rings. The molecule has 0 radical (unpaired) electrons. The first-order chi connectivity index (χ1) is 27.9. The van der Waals surface area contributed by atoms with Gasteiger partial charge in [-0.1, -0.05) is 0 Å². The van der Waals surface area contributed by atoms with Crippen molar-refractivity contribution in [3.63, 3.8) is 0 Å². The maximum absolute atomic E-state index is 11.2. The number of carboxylic acid groups (broad SMARTS) is 1. The van der Waals surface area contributed by atoms with Crippen LogP contribution in [0.4, 0.5) is 11.4 Å². The Morgan fingerprint density at radius 2 is 1.26 bits per heavy atom. The standard InChI is InChI=1S/C15H14N4O3.C15H16N4O2.C10H11IO4/c1-9-7-19(8-13(22-9)15(20)21)12-6-18-11(5-16)14-10(12)3-2-4-17-14;1-10-7-19(8-11(9-20)21-10)14-6-18-13(5-16)15-12(14)3-2-4-17-15;1-8(12)14-11(15-9(2)13)10-6-4-3-5-7-10/h2-4,6,9,13H,7-8H2,1H3,(H,20,21);2-4,6,10-11,20H,7-9H2,1H3;3-7H,1-2H3/t9-,13-;10-,11-;/m11./s1. The second kappa shape index (κ2) is 20.4. The van der Waals surface area contributed by atoms with E-state index in [9.17, 15) is 24.6 Å². The molecule has 1 aromatic carbocycles. The van der Waals surface area contributed by atoms with Gasteiger partial charge in [0.1, 0.15) is 23.2 Å². The summed E-state index contributed by atoms with van der Waals surface area (Å²) in [6.07, 6.45) is 5.29. The van der Waals surface area contributed by atoms with Crippen molar-refractivity contribution < 1.29 is 40.2 Å². The molecule has 4 atom stereocenters. The molecular formula is C40H41IN8O9. The zero-order valence-electron chi connectivity index (χ0n) is 32.1. The van der Waals surface area contributed by atoms with E-state index in [0.717, 1.165) is 25.7 Å². The van der Waals surface area contributed by atoms with E-state index in [-0.39, 0.29) is 37.2 Å². The normalized spacial score (nSPS) is 18.9. The zero-order chi connectivity index (χ0) is 41.8. The minimum atomic E-state index is -2.59. The van der Waals surface area contributed by atoms with Crippen LogP contribution >= 0.6 is 20.6 Å². The number of fused-ring (bicyclic) bond motifs is 2. The van der Waals surface area contributed by atoms with E-state index in [4.69, 9.17) is 26.1 Å². The van der Waals surface area contributed by atoms with E-state index in [1.54, 1.807) is 43.0 Å². The van der Waals surface area contributed by atoms with Gasteiger partial charge in [0.15, 0.2) is 17.5 Å². The van der Waals surface area contributed by atoms with Crippen molar-refractivity contribution in [3.05, 3.63) is 94.3 Å². The molecule has 58 heavy (non-hydrogen) atoms. The van der Waals surface area contributed by atoms with E-state index in [0.29, 0.717) is 36.4 Å². The van der Waals surface area contributed by atoms with Crippen LogP contribution in [0.25, 0.3) is 21.8 Å². The van der Waals surface area contributed by atoms with Gasteiger partial charge in [0, 0.05) is 42.8 Å². The van der Waals surface area contributed by atoms with Crippen LogP contribution < -0.4 is 9.80 Å². The molecule has 0 saturated carbocycles. The Hall–Kier alpha value is -6.06. The Labute approximate surface area is 342 Å². The molecule has 6 heterocycles. The third-order valence-electron chi connectivity index (χ3n) is 8.48. The van der Waals surface area contributed by atoms with Crippen molar-refractivity contribution in [1.82, 2.24) is 19.9 Å². The first-order valence-corrected chi connectivity index (χ1v) is 20.8. The summed E-state index contributed by atoms with van der Waals surface area (Å²) in [7, 11) is 0. The minimum absolute atomic E-state index is 0.0132. The van der Waals surface area contributed by atoms with E-state index >= 15 is 0 Å². The summed E-state index contributed by atoms with van der Waals surface area (Å²) in [4.78, 5) is 53.8. The number of aliphatic hydroxyl groups is 1. The predicted molar refractivity (Wildman–Crippen MR) is 219 cm³/mol. The van der Waals surface area contributed by atoms with Crippen molar-refractivity contribution in [2.24, 2.45) is 0 Å². The summed E-state index contributed by atoms with van der Waals surface area (Å²) in [5, 5.41) is 38.5. The summed E-state index contributed by atoms with van der Waals surface area (Å²) in [5.74, 6) is -1.84. The molecule has 7 rings (SSSR count). The number of ether oxygens (including phenoxy) is 2. The van der Waals surface area contributed by atoms with Gasteiger partial charge in [0.2, 0.25) is 0 Å². The number of hydrogen-bond acceptors (Lipinski definition) is 16. The predicted octanol–water partition coefficient (Wildman–Crippen LogP) is 4.59. The average Bonchev–Trinajstić information content (AvgIpc) is 3.22. The smallest absolute Gasteiger partial charge is 0.334 e. The number of halogens is 1. The summed E-state index contributed by atoms with van der Waals surface area (Å²) >= 11 is -2.59. The molecule has 0 amide bonds. The Balaban J connectivity index is 0.000000169. The maximum atomic E-state index is 11.2. The third kappa shape index (κ3) is 11.1. The first-order valence-electron chi connectivity index (χ1n) is 18.0. The summed E-state index contributed by atoms with van der Waals surface area (Å²) in [6, 6.07) is 20.6. The molecule has 2 N–H and O–H groups in total. The maximum Gasteiger partial charge on any atom is 0.334 e. The van der Waals surface area contributed by atoms with Gasteiger partial charge in [-0.15, -0.1) is 0 Å². The molecule has 18 heteroatoms. The van der Waals surface area contributed by atoms with Gasteiger partial charge in [0.05, 0.1) is 55.2 Å². The molecule has 2 aliphatic heterocycles. The molecule has 17 nitrogen and oxygen atoms in total. The molecular weight excluding hydrogens is 863 g/mol. The number of nitriles is 2. The number of anilines is 2. The van der Waals surface area contributed by atoms with Crippen LogP contribution in [0, 0.1) is 26.2 Å². The van der Waals surface area contributed by atoms with Gasteiger partial charge >= 0.3 is 102 Å². The topological polar surface area (TPSA) is 234 Å². The molecule has 0 bridgehead atoms. The third-order valence-corrected chi connectivity index (χ3v) is 12.3. The summed E-state index contributed by atoms with van der Waals surface area (Å²) in [6.45, 7) is 8.51. The van der Waals surface area contributed by atoms with Crippen molar-refractivity contribution in [1.29, 1.82) is 10.5 Å².